The Morgan fingerprint density at radius 1 is 1.43 bits per heavy atom. The lowest BCUT2D eigenvalue weighted by molar-refractivity contribution is 0.0690. The minimum absolute atomic E-state index is 0.383. The quantitative estimate of drug-likeness (QED) is 0.813. The van der Waals surface area contributed by atoms with Crippen LogP contribution >= 0.6 is 35.1 Å². The van der Waals surface area contributed by atoms with E-state index in [9.17, 15) is 4.79 Å². The van der Waals surface area contributed by atoms with Crippen molar-refractivity contribution in [2.45, 2.75) is 23.1 Å². The number of hydrogen-bond donors (Lipinski definition) is 1. The van der Waals surface area contributed by atoms with Crippen molar-refractivity contribution < 1.29 is 9.90 Å². The Hall–Kier alpha value is -0.200. The molecule has 0 saturated heterocycles. The molecule has 0 aliphatic heterocycles. The fourth-order valence-electron chi connectivity index (χ4n) is 0.905. The first kappa shape index (κ1) is 11.9. The predicted octanol–water partition coefficient (Wildman–Crippen LogP) is 3.07. The molecule has 1 aromatic rings. The van der Waals surface area contributed by atoms with Crippen molar-refractivity contribution in [3.63, 3.8) is 0 Å². The predicted molar refractivity (Wildman–Crippen MR) is 61.9 cm³/mol. The van der Waals surface area contributed by atoms with Gasteiger partial charge in [-0.15, -0.1) is 23.5 Å². The smallest absolute Gasteiger partial charge is 0.340 e. The summed E-state index contributed by atoms with van der Waals surface area (Å²) in [5.74, 6) is 0.851. The highest BCUT2D eigenvalue weighted by Gasteiger charge is 2.19. The maximum atomic E-state index is 11.0. The molecule has 0 bridgehead atoms. The monoisotopic (exact) mass is 249 g/mol. The highest BCUT2D eigenvalue weighted by atomic mass is 32.2. The van der Waals surface area contributed by atoms with E-state index in [1.165, 1.54) is 35.1 Å². The molecule has 0 fully saturated rings. The molecule has 0 atom stereocenters. The van der Waals surface area contributed by atoms with Crippen LogP contribution < -0.4 is 0 Å². The van der Waals surface area contributed by atoms with Crippen molar-refractivity contribution in [3.05, 3.63) is 5.56 Å². The van der Waals surface area contributed by atoms with E-state index in [-0.39, 0.29) is 0 Å². The lowest BCUT2D eigenvalue weighted by atomic mass is 10.4. The third-order valence-electron chi connectivity index (χ3n) is 1.40. The SMILES string of the molecule is CCSc1nsc(SCC)c1C(=O)O. The van der Waals surface area contributed by atoms with Gasteiger partial charge in [0.25, 0.3) is 0 Å². The second kappa shape index (κ2) is 5.63. The van der Waals surface area contributed by atoms with Crippen LogP contribution in [0, 0.1) is 0 Å². The fourth-order valence-corrected chi connectivity index (χ4v) is 3.76. The summed E-state index contributed by atoms with van der Waals surface area (Å²) >= 11 is 4.30. The van der Waals surface area contributed by atoms with Gasteiger partial charge in [0.1, 0.15) is 10.6 Å². The normalized spacial score (nSPS) is 10.4. The highest BCUT2D eigenvalue weighted by Crippen LogP contribution is 2.34. The maximum absolute atomic E-state index is 11.0. The number of carboxylic acid groups (broad SMARTS) is 1. The average Bonchev–Trinajstić information content (AvgIpc) is 2.49. The Balaban J connectivity index is 3.00. The van der Waals surface area contributed by atoms with Crippen molar-refractivity contribution in [1.29, 1.82) is 0 Å². The van der Waals surface area contributed by atoms with Crippen LogP contribution in [0.2, 0.25) is 0 Å². The lowest BCUT2D eigenvalue weighted by Gasteiger charge is -1.97. The van der Waals surface area contributed by atoms with E-state index >= 15 is 0 Å². The molecule has 0 aliphatic rings. The highest BCUT2D eigenvalue weighted by molar-refractivity contribution is 8.01. The molecule has 0 unspecified atom stereocenters. The van der Waals surface area contributed by atoms with Crippen LogP contribution in [0.15, 0.2) is 9.24 Å². The maximum Gasteiger partial charge on any atom is 0.340 e. The summed E-state index contributed by atoms with van der Waals surface area (Å²) in [7, 11) is 0. The van der Waals surface area contributed by atoms with Gasteiger partial charge in [0.15, 0.2) is 0 Å². The van der Waals surface area contributed by atoms with Crippen LogP contribution in [-0.4, -0.2) is 27.0 Å². The van der Waals surface area contributed by atoms with Crippen LogP contribution in [0.5, 0.6) is 0 Å². The van der Waals surface area contributed by atoms with Gasteiger partial charge in [0.05, 0.1) is 4.21 Å². The van der Waals surface area contributed by atoms with Crippen LogP contribution in [0.25, 0.3) is 0 Å². The molecule has 78 valence electrons. The molecule has 0 saturated carbocycles. The summed E-state index contributed by atoms with van der Waals surface area (Å²) in [6.45, 7) is 3.99. The number of nitrogens with zero attached hydrogens (tertiary/aromatic N) is 1. The molecule has 0 aliphatic carbocycles. The first-order chi connectivity index (χ1) is 6.70. The topological polar surface area (TPSA) is 50.2 Å². The molecular weight excluding hydrogens is 238 g/mol. The molecule has 0 radical (unpaired) electrons. The first-order valence-corrected chi connectivity index (χ1v) is 6.93. The summed E-state index contributed by atoms with van der Waals surface area (Å²) in [4.78, 5) is 11.0. The molecular formula is C8H11NO2S3. The van der Waals surface area contributed by atoms with E-state index in [4.69, 9.17) is 5.11 Å². The van der Waals surface area contributed by atoms with E-state index in [2.05, 4.69) is 4.37 Å². The van der Waals surface area contributed by atoms with Gasteiger partial charge in [-0.1, -0.05) is 13.8 Å². The van der Waals surface area contributed by atoms with Gasteiger partial charge in [-0.3, -0.25) is 0 Å². The minimum Gasteiger partial charge on any atom is -0.478 e. The molecule has 0 spiro atoms. The standard InChI is InChI=1S/C8H11NO2S3/c1-3-12-6-5(7(10)11)8(13-4-2)14-9-6/h3-4H2,1-2H3,(H,10,11). The van der Waals surface area contributed by atoms with Crippen molar-refractivity contribution >= 4 is 41.0 Å². The number of carbonyl (C=O) groups is 1. The van der Waals surface area contributed by atoms with E-state index in [0.29, 0.717) is 10.6 Å². The molecule has 0 amide bonds. The molecule has 0 aromatic carbocycles. The van der Waals surface area contributed by atoms with Gasteiger partial charge < -0.3 is 5.11 Å². The van der Waals surface area contributed by atoms with E-state index in [0.717, 1.165) is 15.7 Å². The van der Waals surface area contributed by atoms with E-state index < -0.39 is 5.97 Å². The van der Waals surface area contributed by atoms with Gasteiger partial charge in [-0.25, -0.2) is 4.79 Å². The van der Waals surface area contributed by atoms with Crippen LogP contribution in [0.3, 0.4) is 0 Å². The summed E-state index contributed by atoms with van der Waals surface area (Å²) in [5, 5.41) is 9.68. The van der Waals surface area contributed by atoms with Gasteiger partial charge in [-0.05, 0) is 23.0 Å². The number of hydrogen-bond acceptors (Lipinski definition) is 5. The second-order valence-corrected chi connectivity index (χ2v) is 5.88. The molecule has 6 heteroatoms. The zero-order valence-corrected chi connectivity index (χ0v) is 10.4. The third-order valence-corrected chi connectivity index (χ3v) is 4.35. The fraction of sp³-hybridized carbons (Fsp3) is 0.500. The molecule has 3 nitrogen and oxygen atoms in total. The Labute approximate surface area is 95.5 Å². The summed E-state index contributed by atoms with van der Waals surface area (Å²) in [6, 6.07) is 0. The third kappa shape index (κ3) is 2.65. The van der Waals surface area contributed by atoms with Crippen LogP contribution in [0.4, 0.5) is 0 Å². The average molecular weight is 249 g/mol. The molecule has 1 N–H and O–H groups in total. The largest absolute Gasteiger partial charge is 0.478 e. The molecule has 14 heavy (non-hydrogen) atoms. The zero-order chi connectivity index (χ0) is 10.6. The Kier molecular flexibility index (Phi) is 4.77. The Morgan fingerprint density at radius 3 is 2.57 bits per heavy atom. The van der Waals surface area contributed by atoms with E-state index in [1.807, 2.05) is 13.8 Å². The van der Waals surface area contributed by atoms with E-state index in [1.54, 1.807) is 0 Å². The van der Waals surface area contributed by atoms with Crippen molar-refractivity contribution in [1.82, 2.24) is 4.37 Å². The van der Waals surface area contributed by atoms with Crippen molar-refractivity contribution in [3.8, 4) is 0 Å². The zero-order valence-electron chi connectivity index (χ0n) is 7.94. The molecule has 1 heterocycles. The van der Waals surface area contributed by atoms with Crippen LogP contribution in [-0.2, 0) is 0 Å². The summed E-state index contributed by atoms with van der Waals surface area (Å²) < 4.78 is 4.96. The number of thioether (sulfide) groups is 2. The van der Waals surface area contributed by atoms with Crippen LogP contribution in [0.1, 0.15) is 24.2 Å². The first-order valence-electron chi connectivity index (χ1n) is 4.19. The van der Waals surface area contributed by atoms with Gasteiger partial charge in [0, 0.05) is 0 Å². The Bertz CT molecular complexity index is 301. The van der Waals surface area contributed by atoms with Crippen molar-refractivity contribution in [2.24, 2.45) is 0 Å². The summed E-state index contributed by atoms with van der Waals surface area (Å²) in [5.41, 5.74) is 0.383. The number of rotatable bonds is 5. The number of carboxylic acids is 1. The number of aromatic nitrogens is 1. The van der Waals surface area contributed by atoms with Crippen molar-refractivity contribution in [2.75, 3.05) is 11.5 Å². The van der Waals surface area contributed by atoms with Gasteiger partial charge in [0.2, 0.25) is 0 Å². The lowest BCUT2D eigenvalue weighted by Crippen LogP contribution is -1.98. The molecule has 1 rings (SSSR count). The van der Waals surface area contributed by atoms with Gasteiger partial charge >= 0.3 is 5.97 Å². The summed E-state index contributed by atoms with van der Waals surface area (Å²) in [6.07, 6.45) is 0. The van der Waals surface area contributed by atoms with Gasteiger partial charge in [-0.2, -0.15) is 4.37 Å². The minimum atomic E-state index is -0.870. The molecule has 1 aromatic heterocycles. The number of aromatic carboxylic acids is 1. The Morgan fingerprint density at radius 2 is 2.07 bits per heavy atom. The second-order valence-electron chi connectivity index (χ2n) is 2.32.